The Balaban J connectivity index is 1.81. The summed E-state index contributed by atoms with van der Waals surface area (Å²) < 4.78 is 5.73. The molecule has 0 saturated carbocycles. The molecular weight excluding hydrogens is 324 g/mol. The van der Waals surface area contributed by atoms with Crippen molar-refractivity contribution in [1.82, 2.24) is 10.2 Å². The van der Waals surface area contributed by atoms with Crippen molar-refractivity contribution in [3.8, 4) is 5.75 Å². The van der Waals surface area contributed by atoms with Crippen molar-refractivity contribution in [2.24, 2.45) is 0 Å². The van der Waals surface area contributed by atoms with Gasteiger partial charge >= 0.3 is 0 Å². The van der Waals surface area contributed by atoms with Gasteiger partial charge in [-0.25, -0.2) is 0 Å². The molecule has 0 aromatic heterocycles. The lowest BCUT2D eigenvalue weighted by molar-refractivity contribution is -0.121. The molecule has 1 aliphatic rings. The number of amides is 1. The molecule has 1 aliphatic heterocycles. The van der Waals surface area contributed by atoms with E-state index in [2.05, 4.69) is 24.2 Å². The van der Waals surface area contributed by atoms with E-state index >= 15 is 0 Å². The van der Waals surface area contributed by atoms with Gasteiger partial charge in [0.15, 0.2) is 0 Å². The van der Waals surface area contributed by atoms with E-state index in [9.17, 15) is 4.79 Å². The molecule has 0 spiro atoms. The molecule has 1 amide bonds. The Labute approximate surface area is 150 Å². The van der Waals surface area contributed by atoms with Gasteiger partial charge < -0.3 is 15.0 Å². The van der Waals surface area contributed by atoms with Crippen LogP contribution in [0.2, 0.25) is 5.02 Å². The predicted octanol–water partition coefficient (Wildman–Crippen LogP) is 4.01. The highest BCUT2D eigenvalue weighted by Gasteiger charge is 2.19. The highest BCUT2D eigenvalue weighted by atomic mass is 35.5. The molecule has 134 valence electrons. The number of nitrogens with zero attached hydrogens (tertiary/aromatic N) is 1. The third-order valence-electron chi connectivity index (χ3n) is 4.59. The molecule has 0 bridgehead atoms. The summed E-state index contributed by atoms with van der Waals surface area (Å²) >= 11 is 6.07. The second-order valence-corrected chi connectivity index (χ2v) is 6.98. The van der Waals surface area contributed by atoms with E-state index in [4.69, 9.17) is 16.3 Å². The molecule has 1 saturated heterocycles. The lowest BCUT2D eigenvalue weighted by Gasteiger charge is -2.32. The lowest BCUT2D eigenvalue weighted by Crippen LogP contribution is -2.37. The summed E-state index contributed by atoms with van der Waals surface area (Å²) in [4.78, 5) is 14.6. The summed E-state index contributed by atoms with van der Waals surface area (Å²) in [5.74, 6) is 0.893. The first-order chi connectivity index (χ1) is 11.6. The van der Waals surface area contributed by atoms with Crippen LogP contribution in [0.4, 0.5) is 0 Å². The van der Waals surface area contributed by atoms with Crippen molar-refractivity contribution in [1.29, 1.82) is 0 Å². The van der Waals surface area contributed by atoms with Crippen molar-refractivity contribution in [2.45, 2.75) is 58.0 Å². The number of rotatable bonds is 8. The number of halogens is 1. The Morgan fingerprint density at radius 1 is 1.42 bits per heavy atom. The zero-order chi connectivity index (χ0) is 17.4. The molecule has 5 heteroatoms. The quantitative estimate of drug-likeness (QED) is 0.768. The Morgan fingerprint density at radius 3 is 3.00 bits per heavy atom. The molecule has 4 nitrogen and oxygen atoms in total. The van der Waals surface area contributed by atoms with Gasteiger partial charge in [-0.2, -0.15) is 0 Å². The van der Waals surface area contributed by atoms with Crippen LogP contribution in [-0.2, 0) is 11.3 Å². The number of ether oxygens (including phenoxy) is 1. The first kappa shape index (κ1) is 19.1. The molecule has 1 N–H and O–H groups in total. The van der Waals surface area contributed by atoms with Gasteiger partial charge in [-0.15, -0.1) is 0 Å². The van der Waals surface area contributed by atoms with Crippen molar-refractivity contribution in [2.75, 3.05) is 20.2 Å². The maximum atomic E-state index is 12.2. The maximum absolute atomic E-state index is 12.2. The SMILES string of the molecule is CCCOc1ccc(Cl)cc1CNC(=O)CCC1CCCCN1C. The normalized spacial score (nSPS) is 18.4. The zero-order valence-corrected chi connectivity index (χ0v) is 15.6. The fourth-order valence-electron chi connectivity index (χ4n) is 3.13. The average Bonchev–Trinajstić information content (AvgIpc) is 2.58. The summed E-state index contributed by atoms with van der Waals surface area (Å²) in [6.45, 7) is 4.34. The van der Waals surface area contributed by atoms with E-state index in [1.807, 2.05) is 18.2 Å². The van der Waals surface area contributed by atoms with Crippen molar-refractivity contribution < 1.29 is 9.53 Å². The highest BCUT2D eigenvalue weighted by molar-refractivity contribution is 6.30. The van der Waals surface area contributed by atoms with Crippen LogP contribution in [0.25, 0.3) is 0 Å². The summed E-state index contributed by atoms with van der Waals surface area (Å²) in [7, 11) is 2.16. The largest absolute Gasteiger partial charge is 0.493 e. The van der Waals surface area contributed by atoms with Gasteiger partial charge in [-0.3, -0.25) is 4.79 Å². The van der Waals surface area contributed by atoms with Crippen LogP contribution in [0.1, 0.15) is 51.0 Å². The van der Waals surface area contributed by atoms with E-state index < -0.39 is 0 Å². The molecule has 1 atom stereocenters. The van der Waals surface area contributed by atoms with Crippen LogP contribution in [0.15, 0.2) is 18.2 Å². The van der Waals surface area contributed by atoms with E-state index in [1.54, 1.807) is 0 Å². The van der Waals surface area contributed by atoms with E-state index in [0.29, 0.717) is 30.6 Å². The van der Waals surface area contributed by atoms with Crippen LogP contribution >= 0.6 is 11.6 Å². The molecule has 1 fully saturated rings. The van der Waals surface area contributed by atoms with Gasteiger partial charge in [-0.1, -0.05) is 24.9 Å². The molecule has 1 aromatic rings. The minimum absolute atomic E-state index is 0.0930. The Hall–Kier alpha value is -1.26. The van der Waals surface area contributed by atoms with Gasteiger partial charge in [0, 0.05) is 29.6 Å². The zero-order valence-electron chi connectivity index (χ0n) is 14.8. The van der Waals surface area contributed by atoms with E-state index in [1.165, 1.54) is 19.3 Å². The minimum atomic E-state index is 0.0930. The topological polar surface area (TPSA) is 41.6 Å². The second kappa shape index (κ2) is 9.90. The number of carbonyl (C=O) groups excluding carboxylic acids is 1. The molecule has 0 aliphatic carbocycles. The summed E-state index contributed by atoms with van der Waals surface area (Å²) in [6.07, 6.45) is 6.19. The number of likely N-dealkylation sites (tertiary alicyclic amines) is 1. The van der Waals surface area contributed by atoms with Gasteiger partial charge in [0.2, 0.25) is 5.91 Å². The predicted molar refractivity (Wildman–Crippen MR) is 98.6 cm³/mol. The van der Waals surface area contributed by atoms with Crippen LogP contribution in [0.5, 0.6) is 5.75 Å². The Bertz CT molecular complexity index is 536. The standard InChI is InChI=1S/C19H29ClN2O2/c1-3-12-24-18-9-7-16(20)13-15(18)14-21-19(23)10-8-17-6-4-5-11-22(17)2/h7,9,13,17H,3-6,8,10-12,14H2,1-2H3,(H,21,23). The number of carbonyl (C=O) groups is 1. The van der Waals surface area contributed by atoms with Gasteiger partial charge in [0.1, 0.15) is 5.75 Å². The molecule has 1 aromatic carbocycles. The van der Waals surface area contributed by atoms with Crippen molar-refractivity contribution in [3.63, 3.8) is 0 Å². The lowest BCUT2D eigenvalue weighted by atomic mass is 9.98. The summed E-state index contributed by atoms with van der Waals surface area (Å²) in [6, 6.07) is 6.09. The highest BCUT2D eigenvalue weighted by Crippen LogP contribution is 2.23. The van der Waals surface area contributed by atoms with Crippen LogP contribution < -0.4 is 10.1 Å². The fraction of sp³-hybridized carbons (Fsp3) is 0.632. The summed E-state index contributed by atoms with van der Waals surface area (Å²) in [5.41, 5.74) is 0.930. The van der Waals surface area contributed by atoms with Gasteiger partial charge in [-0.05, 0) is 57.5 Å². The molecule has 24 heavy (non-hydrogen) atoms. The van der Waals surface area contributed by atoms with Crippen LogP contribution in [0.3, 0.4) is 0 Å². The van der Waals surface area contributed by atoms with E-state index in [-0.39, 0.29) is 5.91 Å². The van der Waals surface area contributed by atoms with Crippen LogP contribution in [0, 0.1) is 0 Å². The second-order valence-electron chi connectivity index (χ2n) is 6.55. The molecule has 1 unspecified atom stereocenters. The van der Waals surface area contributed by atoms with Gasteiger partial charge in [0.05, 0.1) is 6.61 Å². The molecule has 1 heterocycles. The fourth-order valence-corrected chi connectivity index (χ4v) is 3.32. The number of benzene rings is 1. The van der Waals surface area contributed by atoms with Crippen molar-refractivity contribution >= 4 is 17.5 Å². The monoisotopic (exact) mass is 352 g/mol. The van der Waals surface area contributed by atoms with Crippen LogP contribution in [-0.4, -0.2) is 37.0 Å². The first-order valence-corrected chi connectivity index (χ1v) is 9.36. The number of hydrogen-bond donors (Lipinski definition) is 1. The Kier molecular flexibility index (Phi) is 7.86. The molecule has 2 rings (SSSR count). The Morgan fingerprint density at radius 2 is 2.25 bits per heavy atom. The average molecular weight is 353 g/mol. The first-order valence-electron chi connectivity index (χ1n) is 8.98. The minimum Gasteiger partial charge on any atom is -0.493 e. The maximum Gasteiger partial charge on any atom is 0.220 e. The smallest absolute Gasteiger partial charge is 0.220 e. The summed E-state index contributed by atoms with van der Waals surface area (Å²) in [5, 5.41) is 3.66. The molecular formula is C19H29ClN2O2. The number of piperidine rings is 1. The number of nitrogens with one attached hydrogen (secondary N) is 1. The number of hydrogen-bond acceptors (Lipinski definition) is 3. The van der Waals surface area contributed by atoms with Gasteiger partial charge in [0.25, 0.3) is 0 Å². The van der Waals surface area contributed by atoms with Crippen molar-refractivity contribution in [3.05, 3.63) is 28.8 Å². The molecule has 0 radical (unpaired) electrons. The van der Waals surface area contributed by atoms with E-state index in [0.717, 1.165) is 30.7 Å². The third kappa shape index (κ3) is 5.99. The third-order valence-corrected chi connectivity index (χ3v) is 4.82.